The molecule has 0 bridgehead atoms. The lowest BCUT2D eigenvalue weighted by Gasteiger charge is -2.27. The number of nitrogens with one attached hydrogen (secondary N) is 2. The molecule has 2 saturated carbocycles. The summed E-state index contributed by atoms with van der Waals surface area (Å²) < 4.78 is 5.60. The zero-order valence-corrected chi connectivity index (χ0v) is 19.8. The van der Waals surface area contributed by atoms with E-state index in [-0.39, 0.29) is 30.9 Å². The third-order valence-electron chi connectivity index (χ3n) is 8.00. The SMILES string of the molecule is O=C(NCC1(C(=O)NCC2CCC(C(=O)O)CC2)CC1)OCC1c2ccccc2-c2ccccc21. The van der Waals surface area contributed by atoms with E-state index < -0.39 is 17.5 Å². The van der Waals surface area contributed by atoms with E-state index in [1.54, 1.807) is 0 Å². The second-order valence-corrected chi connectivity index (χ2v) is 10.2. The lowest BCUT2D eigenvalue weighted by molar-refractivity contribution is -0.143. The Morgan fingerprint density at radius 2 is 1.49 bits per heavy atom. The van der Waals surface area contributed by atoms with Gasteiger partial charge in [0.15, 0.2) is 0 Å². The van der Waals surface area contributed by atoms with Gasteiger partial charge in [0.05, 0.1) is 11.3 Å². The highest BCUT2D eigenvalue weighted by atomic mass is 16.5. The number of amides is 2. The number of aliphatic carboxylic acids is 1. The minimum atomic E-state index is -0.719. The van der Waals surface area contributed by atoms with Crippen LogP contribution in [0.3, 0.4) is 0 Å². The van der Waals surface area contributed by atoms with Gasteiger partial charge in [-0.2, -0.15) is 0 Å². The average Bonchev–Trinajstić information content (AvgIpc) is 3.61. The van der Waals surface area contributed by atoms with Gasteiger partial charge in [0, 0.05) is 19.0 Å². The van der Waals surface area contributed by atoms with E-state index in [0.29, 0.717) is 25.3 Å². The van der Waals surface area contributed by atoms with Crippen molar-refractivity contribution >= 4 is 18.0 Å². The van der Waals surface area contributed by atoms with Crippen molar-refractivity contribution in [2.24, 2.45) is 17.3 Å². The van der Waals surface area contributed by atoms with E-state index in [1.807, 2.05) is 24.3 Å². The molecular weight excluding hydrogens is 444 g/mol. The highest BCUT2D eigenvalue weighted by molar-refractivity contribution is 5.86. The van der Waals surface area contributed by atoms with E-state index in [0.717, 1.165) is 36.8 Å². The summed E-state index contributed by atoms with van der Waals surface area (Å²) in [6.45, 7) is 1.08. The number of alkyl carbamates (subject to hydrolysis) is 1. The number of ether oxygens (including phenoxy) is 1. The number of hydrogen-bond donors (Lipinski definition) is 3. The molecule has 0 spiro atoms. The summed E-state index contributed by atoms with van der Waals surface area (Å²) in [5.41, 5.74) is 4.14. The third kappa shape index (κ3) is 4.90. The van der Waals surface area contributed by atoms with Crippen molar-refractivity contribution < 1.29 is 24.2 Å². The van der Waals surface area contributed by atoms with E-state index in [4.69, 9.17) is 9.84 Å². The molecule has 0 aliphatic heterocycles. The molecule has 0 aromatic heterocycles. The fourth-order valence-electron chi connectivity index (χ4n) is 5.56. The van der Waals surface area contributed by atoms with Crippen LogP contribution in [0.5, 0.6) is 0 Å². The Labute approximate surface area is 205 Å². The number of benzene rings is 2. The Hall–Kier alpha value is -3.35. The topological polar surface area (TPSA) is 105 Å². The minimum absolute atomic E-state index is 0.00236. The molecule has 7 nitrogen and oxygen atoms in total. The summed E-state index contributed by atoms with van der Waals surface area (Å²) in [5, 5.41) is 15.0. The van der Waals surface area contributed by atoms with Crippen LogP contribution in [-0.4, -0.2) is 42.8 Å². The van der Waals surface area contributed by atoms with Gasteiger partial charge >= 0.3 is 12.1 Å². The highest BCUT2D eigenvalue weighted by Crippen LogP contribution is 2.46. The Kier molecular flexibility index (Phi) is 6.50. The van der Waals surface area contributed by atoms with Gasteiger partial charge in [-0.05, 0) is 66.7 Å². The zero-order valence-electron chi connectivity index (χ0n) is 19.8. The monoisotopic (exact) mass is 476 g/mol. The predicted molar refractivity (Wildman–Crippen MR) is 131 cm³/mol. The first kappa shape index (κ1) is 23.4. The van der Waals surface area contributed by atoms with Crippen molar-refractivity contribution in [3.05, 3.63) is 59.7 Å². The molecule has 3 aliphatic rings. The van der Waals surface area contributed by atoms with Crippen LogP contribution in [0.15, 0.2) is 48.5 Å². The molecule has 0 atom stereocenters. The standard InChI is InChI=1S/C28H32N2O5/c31-25(32)19-11-9-18(10-12-19)15-29-26(33)28(13-14-28)17-30-27(34)35-16-24-22-7-3-1-5-20(22)21-6-2-4-8-23(21)24/h1-8,18-19,24H,9-17H2,(H,29,33)(H,30,34)(H,31,32). The number of carbonyl (C=O) groups is 3. The third-order valence-corrected chi connectivity index (χ3v) is 8.00. The maximum Gasteiger partial charge on any atom is 0.407 e. The summed E-state index contributed by atoms with van der Waals surface area (Å²) in [4.78, 5) is 36.4. The van der Waals surface area contributed by atoms with Crippen LogP contribution in [0, 0.1) is 17.3 Å². The van der Waals surface area contributed by atoms with Crippen LogP contribution < -0.4 is 10.6 Å². The van der Waals surface area contributed by atoms with Crippen LogP contribution in [-0.2, 0) is 14.3 Å². The molecule has 2 amide bonds. The molecule has 35 heavy (non-hydrogen) atoms. The molecule has 7 heteroatoms. The van der Waals surface area contributed by atoms with Crippen LogP contribution in [0.2, 0.25) is 0 Å². The van der Waals surface area contributed by atoms with Gasteiger partial charge in [0.25, 0.3) is 0 Å². The molecule has 2 aromatic rings. The lowest BCUT2D eigenvalue weighted by Crippen LogP contribution is -2.42. The molecule has 3 aliphatic carbocycles. The van der Waals surface area contributed by atoms with Gasteiger partial charge in [0.2, 0.25) is 5.91 Å². The number of hydrogen-bond acceptors (Lipinski definition) is 4. The van der Waals surface area contributed by atoms with Gasteiger partial charge < -0.3 is 20.5 Å². The fraction of sp³-hybridized carbons (Fsp3) is 0.464. The molecular formula is C28H32N2O5. The molecule has 0 heterocycles. The van der Waals surface area contributed by atoms with E-state index in [9.17, 15) is 14.4 Å². The van der Waals surface area contributed by atoms with Gasteiger partial charge in [-0.25, -0.2) is 4.79 Å². The second kappa shape index (κ2) is 9.72. The summed E-state index contributed by atoms with van der Waals surface area (Å²) in [6.07, 6.45) is 3.97. The summed E-state index contributed by atoms with van der Waals surface area (Å²) in [6, 6.07) is 16.4. The number of carboxylic acid groups (broad SMARTS) is 1. The van der Waals surface area contributed by atoms with Crippen LogP contribution in [0.4, 0.5) is 4.79 Å². The first-order valence-electron chi connectivity index (χ1n) is 12.6. The number of rotatable bonds is 8. The smallest absolute Gasteiger partial charge is 0.407 e. The van der Waals surface area contributed by atoms with Crippen molar-refractivity contribution in [2.75, 3.05) is 19.7 Å². The molecule has 3 N–H and O–H groups in total. The average molecular weight is 477 g/mol. The predicted octanol–water partition coefficient (Wildman–Crippen LogP) is 4.31. The largest absolute Gasteiger partial charge is 0.481 e. The highest BCUT2D eigenvalue weighted by Gasteiger charge is 2.50. The fourth-order valence-corrected chi connectivity index (χ4v) is 5.56. The van der Waals surface area contributed by atoms with Crippen LogP contribution in [0.1, 0.15) is 55.6 Å². The molecule has 5 rings (SSSR count). The minimum Gasteiger partial charge on any atom is -0.481 e. The molecule has 0 radical (unpaired) electrons. The molecule has 184 valence electrons. The Bertz CT molecular complexity index is 1070. The maximum absolute atomic E-state index is 12.8. The lowest BCUT2D eigenvalue weighted by atomic mass is 9.82. The normalized spacial score (nSPS) is 21.9. The van der Waals surface area contributed by atoms with Gasteiger partial charge in [-0.1, -0.05) is 48.5 Å². The van der Waals surface area contributed by atoms with Crippen molar-refractivity contribution in [1.29, 1.82) is 0 Å². The zero-order chi connectivity index (χ0) is 24.4. The second-order valence-electron chi connectivity index (χ2n) is 10.2. The van der Waals surface area contributed by atoms with Crippen molar-refractivity contribution in [3.63, 3.8) is 0 Å². The Morgan fingerprint density at radius 1 is 0.886 bits per heavy atom. The van der Waals surface area contributed by atoms with Gasteiger partial charge in [-0.15, -0.1) is 0 Å². The Morgan fingerprint density at radius 3 is 2.06 bits per heavy atom. The van der Waals surface area contributed by atoms with E-state index >= 15 is 0 Å². The van der Waals surface area contributed by atoms with Crippen molar-refractivity contribution in [3.8, 4) is 11.1 Å². The molecule has 2 fully saturated rings. The quantitative estimate of drug-likeness (QED) is 0.527. The molecule has 0 unspecified atom stereocenters. The maximum atomic E-state index is 12.8. The van der Waals surface area contributed by atoms with Crippen molar-refractivity contribution in [2.45, 2.75) is 44.4 Å². The van der Waals surface area contributed by atoms with E-state index in [1.165, 1.54) is 11.1 Å². The summed E-state index contributed by atoms with van der Waals surface area (Å²) in [5.74, 6) is -0.679. The van der Waals surface area contributed by atoms with Gasteiger partial charge in [-0.3, -0.25) is 9.59 Å². The van der Waals surface area contributed by atoms with Crippen molar-refractivity contribution in [1.82, 2.24) is 10.6 Å². The summed E-state index contributed by atoms with van der Waals surface area (Å²) in [7, 11) is 0. The molecule has 0 saturated heterocycles. The van der Waals surface area contributed by atoms with Crippen LogP contribution >= 0.6 is 0 Å². The number of carbonyl (C=O) groups excluding carboxylic acids is 2. The number of carboxylic acids is 1. The first-order valence-corrected chi connectivity index (χ1v) is 12.6. The Balaban J connectivity index is 1.08. The first-order chi connectivity index (χ1) is 17.0. The van der Waals surface area contributed by atoms with Crippen LogP contribution in [0.25, 0.3) is 11.1 Å². The van der Waals surface area contributed by atoms with Gasteiger partial charge in [0.1, 0.15) is 6.61 Å². The summed E-state index contributed by atoms with van der Waals surface area (Å²) >= 11 is 0. The van der Waals surface area contributed by atoms with E-state index in [2.05, 4.69) is 34.9 Å². The number of fused-ring (bicyclic) bond motifs is 3. The molecule has 2 aromatic carbocycles.